The van der Waals surface area contributed by atoms with Crippen LogP contribution in [0.25, 0.3) is 9.96 Å². The van der Waals surface area contributed by atoms with Gasteiger partial charge >= 0.3 is 23.9 Å². The second kappa shape index (κ2) is 11.5. The zero-order valence-corrected chi connectivity index (χ0v) is 24.2. The molecule has 0 radical (unpaired) electrons. The minimum absolute atomic E-state index is 0. The fraction of sp³-hybridized carbons (Fsp3) is 1.00. The molecule has 24 heavy (non-hydrogen) atoms. The third-order valence-electron chi connectivity index (χ3n) is 1.89. The van der Waals surface area contributed by atoms with Crippen molar-refractivity contribution >= 4 is 40.9 Å². The van der Waals surface area contributed by atoms with Gasteiger partial charge in [0.15, 0.2) is 0 Å². The number of hydrogen-bond donors (Lipinski definition) is 0. The number of hydrogen-bond acceptors (Lipinski definition) is 0. The largest absolute Gasteiger partial charge is 4.00 e. The maximum Gasteiger partial charge on any atom is 4.00 e. The maximum atomic E-state index is 4.80. The van der Waals surface area contributed by atoms with E-state index >= 15 is 0 Å². The molecule has 0 amide bonds. The predicted molar refractivity (Wildman–Crippen MR) is 116 cm³/mol. The van der Waals surface area contributed by atoms with Crippen molar-refractivity contribution in [2.24, 2.45) is 0 Å². The summed E-state index contributed by atoms with van der Waals surface area (Å²) in [5.41, 5.74) is 0.0922. The average molecular weight is 500 g/mol. The first-order chi connectivity index (χ1) is 9.12. The molecule has 0 aromatic rings. The molecule has 0 aromatic heterocycles. The summed E-state index contributed by atoms with van der Waals surface area (Å²) >= 11 is 0. The third kappa shape index (κ3) is 31.4. The molecular formula is C18H42ClN2PSiSn. The van der Waals surface area contributed by atoms with Gasteiger partial charge in [-0.25, -0.2) is 0 Å². The number of nitrogens with zero attached hydrogens (tertiary/aromatic N) is 2. The van der Waals surface area contributed by atoms with E-state index in [9.17, 15) is 0 Å². The average Bonchev–Trinajstić information content (AvgIpc) is 1.82. The van der Waals surface area contributed by atoms with Gasteiger partial charge in [0.05, 0.1) is 0 Å². The summed E-state index contributed by atoms with van der Waals surface area (Å²) in [5, 5.41) is 0.913. The Labute approximate surface area is 180 Å². The van der Waals surface area contributed by atoms with Gasteiger partial charge in [-0.05, 0) is 0 Å². The molecule has 0 saturated heterocycles. The van der Waals surface area contributed by atoms with Crippen LogP contribution in [-0.4, -0.2) is 53.7 Å². The van der Waals surface area contributed by atoms with E-state index in [0.29, 0.717) is 10.3 Å². The molecule has 0 unspecified atom stereocenters. The monoisotopic (exact) mass is 500 g/mol. The Morgan fingerprint density at radius 1 is 0.583 bits per heavy atom. The Morgan fingerprint density at radius 2 is 0.792 bits per heavy atom. The SMILES string of the molecule is CC(C)(C)[N-][Si](C)(C)[N-]C(C)(C)C.CC(C)(C)[P-]C(C)(C)C.[Cl-].[Sn+4]. The molecule has 0 aliphatic carbocycles. The van der Waals surface area contributed by atoms with Gasteiger partial charge in [-0.2, -0.15) is 18.7 Å². The topological polar surface area (TPSA) is 28.2 Å². The van der Waals surface area contributed by atoms with E-state index < -0.39 is 8.40 Å². The predicted octanol–water partition coefficient (Wildman–Crippen LogP) is 4.19. The quantitative estimate of drug-likeness (QED) is 0.403. The Kier molecular flexibility index (Phi) is 15.9. The Balaban J connectivity index is -0.000000162. The van der Waals surface area contributed by atoms with E-state index in [1.165, 1.54) is 8.58 Å². The second-order valence-electron chi connectivity index (χ2n) is 10.5. The summed E-state index contributed by atoms with van der Waals surface area (Å²) in [5.74, 6) is 0. The third-order valence-corrected chi connectivity index (χ3v) is 5.67. The van der Waals surface area contributed by atoms with Crippen LogP contribution in [0.3, 0.4) is 0 Å². The first-order valence-electron chi connectivity index (χ1n) is 8.34. The molecule has 6 heteroatoms. The zero-order chi connectivity index (χ0) is 18.6. The van der Waals surface area contributed by atoms with E-state index in [4.69, 9.17) is 9.96 Å². The van der Waals surface area contributed by atoms with E-state index in [2.05, 4.69) is 96.2 Å². The minimum atomic E-state index is -1.72. The van der Waals surface area contributed by atoms with Gasteiger partial charge in [0, 0.05) is 0 Å². The van der Waals surface area contributed by atoms with Gasteiger partial charge in [0.1, 0.15) is 0 Å². The Morgan fingerprint density at radius 3 is 0.875 bits per heavy atom. The second-order valence-corrected chi connectivity index (χ2v) is 16.9. The van der Waals surface area contributed by atoms with Crippen molar-refractivity contribution in [3.05, 3.63) is 9.96 Å². The fourth-order valence-corrected chi connectivity index (χ4v) is 8.02. The number of rotatable bonds is 2. The van der Waals surface area contributed by atoms with Crippen LogP contribution in [0.4, 0.5) is 0 Å². The minimum Gasteiger partial charge on any atom is -1.00 e. The molecule has 0 aromatic carbocycles. The molecule has 0 atom stereocenters. The molecule has 2 nitrogen and oxygen atoms in total. The van der Waals surface area contributed by atoms with E-state index in [0.717, 1.165) is 0 Å². The summed E-state index contributed by atoms with van der Waals surface area (Å²) in [7, 11) is -0.192. The van der Waals surface area contributed by atoms with Crippen LogP contribution in [0.2, 0.25) is 13.1 Å². The van der Waals surface area contributed by atoms with Gasteiger partial charge in [0.2, 0.25) is 0 Å². The summed E-state index contributed by atoms with van der Waals surface area (Å²) in [4.78, 5) is 9.60. The first-order valence-corrected chi connectivity index (χ1v) is 12.1. The zero-order valence-electron chi connectivity index (χ0n) is 18.7. The van der Waals surface area contributed by atoms with Crippen LogP contribution in [0.15, 0.2) is 0 Å². The maximum absolute atomic E-state index is 4.80. The Bertz CT molecular complexity index is 294. The van der Waals surface area contributed by atoms with Crippen molar-refractivity contribution in [3.63, 3.8) is 0 Å². The van der Waals surface area contributed by atoms with Gasteiger partial charge in [-0.15, -0.1) is 24.2 Å². The molecule has 0 saturated carbocycles. The van der Waals surface area contributed by atoms with Gasteiger partial charge in [0.25, 0.3) is 0 Å². The summed E-state index contributed by atoms with van der Waals surface area (Å²) < 4.78 is 0. The van der Waals surface area contributed by atoms with Gasteiger partial charge in [-0.3, -0.25) is 0 Å². The van der Waals surface area contributed by atoms with Gasteiger partial charge < -0.3 is 31.0 Å². The van der Waals surface area contributed by atoms with Crippen LogP contribution in [0.1, 0.15) is 83.1 Å². The normalized spacial score (nSPS) is 13.2. The van der Waals surface area contributed by atoms with Crippen molar-refractivity contribution in [2.45, 2.75) is 118 Å². The van der Waals surface area contributed by atoms with Crippen LogP contribution >= 0.6 is 8.58 Å². The fourth-order valence-electron chi connectivity index (χ4n) is 2.67. The van der Waals surface area contributed by atoms with Crippen molar-refractivity contribution in [1.82, 2.24) is 0 Å². The first kappa shape index (κ1) is 33.3. The molecule has 0 bridgehead atoms. The molecule has 0 spiro atoms. The summed E-state index contributed by atoms with van der Waals surface area (Å²) in [6, 6.07) is 0. The molecule has 0 rings (SSSR count). The molecule has 0 aliphatic heterocycles. The molecule has 0 N–H and O–H groups in total. The van der Waals surface area contributed by atoms with E-state index in [1.54, 1.807) is 0 Å². The van der Waals surface area contributed by atoms with Crippen molar-refractivity contribution in [3.8, 4) is 0 Å². The van der Waals surface area contributed by atoms with Crippen molar-refractivity contribution < 1.29 is 12.4 Å². The standard InChI is InChI=1S/C10H24N2Si.C8H18P.ClH.Sn/c1-9(2,3)11-13(7,8)12-10(4,5)6;1-7(2,3)9-8(4,5)6;;/h1-8H3;1-6H3;1H;/q-2;-1;;+4/p-1. The molecule has 0 fully saturated rings. The van der Waals surface area contributed by atoms with Crippen molar-refractivity contribution in [2.75, 3.05) is 0 Å². The summed E-state index contributed by atoms with van der Waals surface area (Å²) in [6.45, 7) is 30.9. The van der Waals surface area contributed by atoms with E-state index in [1.807, 2.05) is 0 Å². The van der Waals surface area contributed by atoms with Crippen molar-refractivity contribution in [1.29, 1.82) is 0 Å². The molecule has 0 aliphatic rings. The van der Waals surface area contributed by atoms with Crippen LogP contribution < -0.4 is 12.4 Å². The van der Waals surface area contributed by atoms with Gasteiger partial charge in [-0.1, -0.05) is 83.1 Å². The number of halogens is 1. The van der Waals surface area contributed by atoms with Crippen LogP contribution in [0.5, 0.6) is 0 Å². The van der Waals surface area contributed by atoms with E-state index in [-0.39, 0.29) is 47.4 Å². The van der Waals surface area contributed by atoms with Crippen LogP contribution in [0, 0.1) is 0 Å². The smallest absolute Gasteiger partial charge is 1.00 e. The molecule has 144 valence electrons. The van der Waals surface area contributed by atoms with Crippen LogP contribution in [-0.2, 0) is 0 Å². The molecular weight excluding hydrogens is 457 g/mol. The molecule has 0 heterocycles. The summed E-state index contributed by atoms with van der Waals surface area (Å²) in [6.07, 6.45) is 0. The Hall–Kier alpha value is 1.66.